The van der Waals surface area contributed by atoms with Crippen molar-refractivity contribution in [3.8, 4) is 0 Å². The molecular weight excluding hydrogens is 314 g/mol. The van der Waals surface area contributed by atoms with Gasteiger partial charge in [0, 0.05) is 12.1 Å². The zero-order valence-corrected chi connectivity index (χ0v) is 15.5. The number of rotatable bonds is 6. The van der Waals surface area contributed by atoms with Gasteiger partial charge in [-0.3, -0.25) is 15.4 Å². The Labute approximate surface area is 151 Å². The quantitative estimate of drug-likeness (QED) is 0.739. The summed E-state index contributed by atoms with van der Waals surface area (Å²) < 4.78 is 0. The number of hydrogen-bond acceptors (Lipinski definition) is 3. The summed E-state index contributed by atoms with van der Waals surface area (Å²) in [6.07, 6.45) is 5.52. The maximum atomic E-state index is 12.4. The lowest BCUT2D eigenvalue weighted by Crippen LogP contribution is -2.51. The molecule has 3 N–H and O–H groups in total. The van der Waals surface area contributed by atoms with Crippen LogP contribution in [0.2, 0.25) is 0 Å². The van der Waals surface area contributed by atoms with Crippen LogP contribution in [0.3, 0.4) is 0 Å². The highest BCUT2D eigenvalue weighted by atomic mass is 16.2. The van der Waals surface area contributed by atoms with E-state index < -0.39 is 6.04 Å². The third-order valence-corrected chi connectivity index (χ3v) is 4.83. The summed E-state index contributed by atoms with van der Waals surface area (Å²) in [7, 11) is 0. The molecule has 138 valence electrons. The van der Waals surface area contributed by atoms with Gasteiger partial charge in [-0.05, 0) is 31.2 Å². The molecular formula is C20H31N3O2. The molecule has 1 aliphatic carbocycles. The molecule has 0 saturated heterocycles. The molecule has 25 heavy (non-hydrogen) atoms. The molecule has 0 aliphatic heterocycles. The molecule has 5 heteroatoms. The summed E-state index contributed by atoms with van der Waals surface area (Å²) >= 11 is 0. The van der Waals surface area contributed by atoms with Crippen molar-refractivity contribution in [1.82, 2.24) is 16.0 Å². The smallest absolute Gasteiger partial charge is 0.321 e. The van der Waals surface area contributed by atoms with Crippen molar-refractivity contribution in [2.75, 3.05) is 0 Å². The Morgan fingerprint density at radius 2 is 1.64 bits per heavy atom. The highest BCUT2D eigenvalue weighted by Crippen LogP contribution is 2.22. The molecule has 0 radical (unpaired) electrons. The maximum Gasteiger partial charge on any atom is 0.321 e. The van der Waals surface area contributed by atoms with E-state index in [4.69, 9.17) is 0 Å². The van der Waals surface area contributed by atoms with Crippen molar-refractivity contribution in [1.29, 1.82) is 0 Å². The second kappa shape index (κ2) is 9.56. The van der Waals surface area contributed by atoms with Crippen molar-refractivity contribution >= 4 is 11.9 Å². The lowest BCUT2D eigenvalue weighted by atomic mass is 9.95. The molecule has 0 unspecified atom stereocenters. The van der Waals surface area contributed by atoms with Crippen LogP contribution < -0.4 is 16.0 Å². The Hall–Kier alpha value is -1.88. The minimum absolute atomic E-state index is 0.0587. The summed E-state index contributed by atoms with van der Waals surface area (Å²) in [6.45, 7) is 6.03. The van der Waals surface area contributed by atoms with Gasteiger partial charge in [-0.2, -0.15) is 0 Å². The lowest BCUT2D eigenvalue weighted by Gasteiger charge is -2.27. The van der Waals surface area contributed by atoms with Crippen LogP contribution in [0, 0.1) is 5.92 Å². The number of benzene rings is 1. The van der Waals surface area contributed by atoms with Crippen molar-refractivity contribution in [3.63, 3.8) is 0 Å². The largest absolute Gasteiger partial charge is 0.335 e. The van der Waals surface area contributed by atoms with E-state index in [2.05, 4.69) is 41.9 Å². The number of urea groups is 1. The molecule has 1 saturated carbocycles. The first-order valence-corrected chi connectivity index (χ1v) is 9.39. The Morgan fingerprint density at radius 1 is 1.00 bits per heavy atom. The summed E-state index contributed by atoms with van der Waals surface area (Å²) in [6, 6.07) is 9.49. The molecule has 5 nitrogen and oxygen atoms in total. The van der Waals surface area contributed by atoms with E-state index in [0.29, 0.717) is 5.92 Å². The Morgan fingerprint density at radius 3 is 2.24 bits per heavy atom. The standard InChI is InChI=1S/C20H31N3O2/c1-14(2)18(16-10-6-4-7-11-16)21-15(3)19(24)23-20(25)22-17-12-8-5-9-13-17/h4,6-7,10-11,14-15,17-18,21H,5,8-9,12-13H2,1-3H3,(H2,22,23,24,25)/t15-,18-/m0/s1. The molecule has 1 aromatic carbocycles. The molecule has 1 aliphatic rings. The van der Waals surface area contributed by atoms with Crippen LogP contribution in [0.1, 0.15) is 64.5 Å². The molecule has 2 atom stereocenters. The molecule has 0 spiro atoms. The van der Waals surface area contributed by atoms with E-state index in [1.807, 2.05) is 18.2 Å². The Kier molecular flexibility index (Phi) is 7.44. The van der Waals surface area contributed by atoms with Gasteiger partial charge in [0.25, 0.3) is 0 Å². The van der Waals surface area contributed by atoms with E-state index >= 15 is 0 Å². The van der Waals surface area contributed by atoms with Crippen molar-refractivity contribution in [2.24, 2.45) is 5.92 Å². The van der Waals surface area contributed by atoms with Gasteiger partial charge in [-0.15, -0.1) is 0 Å². The molecule has 0 aromatic heterocycles. The number of carbonyl (C=O) groups is 2. The van der Waals surface area contributed by atoms with Gasteiger partial charge in [0.2, 0.25) is 5.91 Å². The fourth-order valence-corrected chi connectivity index (χ4v) is 3.37. The van der Waals surface area contributed by atoms with Crippen LogP contribution >= 0.6 is 0 Å². The molecule has 2 rings (SSSR count). The first-order valence-electron chi connectivity index (χ1n) is 9.39. The highest BCUT2D eigenvalue weighted by molar-refractivity contribution is 5.96. The van der Waals surface area contributed by atoms with Crippen molar-refractivity contribution in [2.45, 2.75) is 71.0 Å². The van der Waals surface area contributed by atoms with Crippen LogP contribution in [-0.4, -0.2) is 24.0 Å². The lowest BCUT2D eigenvalue weighted by molar-refractivity contribution is -0.121. The SMILES string of the molecule is CC(C)[C@H](N[C@@H](C)C(=O)NC(=O)NC1CCCCC1)c1ccccc1. The molecule has 3 amide bonds. The van der Waals surface area contributed by atoms with Gasteiger partial charge in [-0.25, -0.2) is 4.79 Å². The van der Waals surface area contributed by atoms with E-state index in [9.17, 15) is 9.59 Å². The molecule has 0 bridgehead atoms. The van der Waals surface area contributed by atoms with Crippen molar-refractivity contribution in [3.05, 3.63) is 35.9 Å². The second-order valence-corrected chi connectivity index (χ2v) is 7.32. The third kappa shape index (κ3) is 6.16. The summed E-state index contributed by atoms with van der Waals surface area (Å²) in [5.74, 6) is 0.0311. The maximum absolute atomic E-state index is 12.4. The van der Waals surface area contributed by atoms with Crippen LogP contribution in [0.25, 0.3) is 0 Å². The molecule has 1 fully saturated rings. The second-order valence-electron chi connectivity index (χ2n) is 7.32. The minimum atomic E-state index is -0.454. The number of nitrogens with one attached hydrogen (secondary N) is 3. The number of amides is 3. The van der Waals surface area contributed by atoms with Gasteiger partial charge in [0.05, 0.1) is 6.04 Å². The number of imide groups is 1. The first kappa shape index (κ1) is 19.4. The summed E-state index contributed by atoms with van der Waals surface area (Å²) in [5, 5.41) is 8.73. The van der Waals surface area contributed by atoms with Crippen LogP contribution in [0.5, 0.6) is 0 Å². The average Bonchev–Trinajstić information content (AvgIpc) is 2.60. The molecule has 0 heterocycles. The monoisotopic (exact) mass is 345 g/mol. The van der Waals surface area contributed by atoms with Gasteiger partial charge in [0.15, 0.2) is 0 Å². The van der Waals surface area contributed by atoms with Gasteiger partial charge >= 0.3 is 6.03 Å². The third-order valence-electron chi connectivity index (χ3n) is 4.83. The van der Waals surface area contributed by atoms with Gasteiger partial charge < -0.3 is 5.32 Å². The zero-order chi connectivity index (χ0) is 18.2. The van der Waals surface area contributed by atoms with E-state index in [1.165, 1.54) is 6.42 Å². The first-order chi connectivity index (χ1) is 12.0. The fourth-order valence-electron chi connectivity index (χ4n) is 3.37. The van der Waals surface area contributed by atoms with Gasteiger partial charge in [0.1, 0.15) is 0 Å². The van der Waals surface area contributed by atoms with Crippen LogP contribution in [-0.2, 0) is 4.79 Å². The van der Waals surface area contributed by atoms with E-state index in [-0.39, 0.29) is 24.0 Å². The average molecular weight is 345 g/mol. The van der Waals surface area contributed by atoms with Crippen LogP contribution in [0.4, 0.5) is 4.79 Å². The Balaban J connectivity index is 1.86. The Bertz CT molecular complexity index is 553. The number of carbonyl (C=O) groups excluding carboxylic acids is 2. The predicted octanol–water partition coefficient (Wildman–Crippen LogP) is 3.52. The number of hydrogen-bond donors (Lipinski definition) is 3. The highest BCUT2D eigenvalue weighted by Gasteiger charge is 2.23. The summed E-state index contributed by atoms with van der Waals surface area (Å²) in [4.78, 5) is 24.4. The van der Waals surface area contributed by atoms with E-state index in [1.54, 1.807) is 6.92 Å². The minimum Gasteiger partial charge on any atom is -0.335 e. The van der Waals surface area contributed by atoms with E-state index in [0.717, 1.165) is 31.2 Å². The molecule has 1 aromatic rings. The fraction of sp³-hybridized carbons (Fsp3) is 0.600. The topological polar surface area (TPSA) is 70.2 Å². The van der Waals surface area contributed by atoms with Crippen molar-refractivity contribution < 1.29 is 9.59 Å². The zero-order valence-electron chi connectivity index (χ0n) is 15.5. The van der Waals surface area contributed by atoms with Crippen LogP contribution in [0.15, 0.2) is 30.3 Å². The van der Waals surface area contributed by atoms with Gasteiger partial charge in [-0.1, -0.05) is 63.4 Å². The predicted molar refractivity (Wildman–Crippen MR) is 100 cm³/mol. The summed E-state index contributed by atoms with van der Waals surface area (Å²) in [5.41, 5.74) is 1.14. The normalized spacial score (nSPS) is 17.8.